The van der Waals surface area contributed by atoms with Gasteiger partial charge in [-0.15, -0.1) is 0 Å². The maximum Gasteiger partial charge on any atom is 0.225 e. The van der Waals surface area contributed by atoms with Gasteiger partial charge in [0.15, 0.2) is 0 Å². The van der Waals surface area contributed by atoms with Crippen LogP contribution in [-0.2, 0) is 11.2 Å². The minimum Gasteiger partial charge on any atom is -0.495 e. The van der Waals surface area contributed by atoms with Crippen LogP contribution in [0.4, 0.5) is 0 Å². The zero-order chi connectivity index (χ0) is 18.0. The Morgan fingerprint density at radius 1 is 1.44 bits per heavy atom. The average molecular weight is 345 g/mol. The molecule has 7 nitrogen and oxygen atoms in total. The van der Waals surface area contributed by atoms with Crippen molar-refractivity contribution in [3.05, 3.63) is 41.0 Å². The molecule has 2 heterocycles. The topological polar surface area (TPSA) is 97.5 Å². The molecule has 0 aliphatic heterocycles. The van der Waals surface area contributed by atoms with E-state index >= 15 is 0 Å². The number of carbonyl (C=O) groups is 1. The highest BCUT2D eigenvalue weighted by Crippen LogP contribution is 2.38. The predicted molar refractivity (Wildman–Crippen MR) is 90.1 cm³/mol. The van der Waals surface area contributed by atoms with E-state index in [1.54, 1.807) is 26.4 Å². The monoisotopic (exact) mass is 345 g/mol. The van der Waals surface area contributed by atoms with Gasteiger partial charge in [-0.1, -0.05) is 5.16 Å². The van der Waals surface area contributed by atoms with Crippen molar-refractivity contribution < 1.29 is 19.2 Å². The number of aryl methyl sites for hydroxylation is 2. The molecule has 25 heavy (non-hydrogen) atoms. The Kier molecular flexibility index (Phi) is 5.03. The normalized spacial score (nSPS) is 20.6. The SMILES string of the molecule is COc1cncc(C(NC(=O)Cc2c(C)noc2C)C2CC(O)C2)c1. The Labute approximate surface area is 146 Å². The van der Waals surface area contributed by atoms with Crippen LogP contribution < -0.4 is 10.1 Å². The van der Waals surface area contributed by atoms with Crippen LogP contribution in [0.5, 0.6) is 5.75 Å². The van der Waals surface area contributed by atoms with E-state index in [0.29, 0.717) is 24.4 Å². The highest BCUT2D eigenvalue weighted by molar-refractivity contribution is 5.79. The number of hydrogen-bond donors (Lipinski definition) is 2. The number of rotatable bonds is 6. The summed E-state index contributed by atoms with van der Waals surface area (Å²) in [5.41, 5.74) is 2.42. The first kappa shape index (κ1) is 17.4. The van der Waals surface area contributed by atoms with Gasteiger partial charge in [0.05, 0.1) is 37.6 Å². The summed E-state index contributed by atoms with van der Waals surface area (Å²) in [6.45, 7) is 3.62. The van der Waals surface area contributed by atoms with Gasteiger partial charge in [0.25, 0.3) is 0 Å². The van der Waals surface area contributed by atoms with Crippen molar-refractivity contribution in [2.45, 2.75) is 45.3 Å². The molecule has 1 saturated carbocycles. The van der Waals surface area contributed by atoms with E-state index in [9.17, 15) is 9.90 Å². The van der Waals surface area contributed by atoms with Crippen molar-refractivity contribution in [1.82, 2.24) is 15.5 Å². The molecule has 2 aromatic heterocycles. The molecule has 1 atom stereocenters. The van der Waals surface area contributed by atoms with Gasteiger partial charge in [0, 0.05) is 11.8 Å². The molecule has 0 spiro atoms. The second-order valence-electron chi connectivity index (χ2n) is 6.57. The Morgan fingerprint density at radius 2 is 2.20 bits per heavy atom. The lowest BCUT2D eigenvalue weighted by Crippen LogP contribution is -2.42. The molecular weight excluding hydrogens is 322 g/mol. The molecule has 3 rings (SSSR count). The summed E-state index contributed by atoms with van der Waals surface area (Å²) >= 11 is 0. The van der Waals surface area contributed by atoms with Crippen LogP contribution in [0.25, 0.3) is 0 Å². The average Bonchev–Trinajstić information content (AvgIpc) is 2.89. The lowest BCUT2D eigenvalue weighted by Gasteiger charge is -2.38. The fourth-order valence-corrected chi connectivity index (χ4v) is 3.23. The minimum atomic E-state index is -0.300. The molecular formula is C18H23N3O4. The number of hydrogen-bond acceptors (Lipinski definition) is 6. The number of pyridine rings is 1. The van der Waals surface area contributed by atoms with Crippen molar-refractivity contribution in [1.29, 1.82) is 0 Å². The first-order chi connectivity index (χ1) is 12.0. The summed E-state index contributed by atoms with van der Waals surface area (Å²) in [5, 5.41) is 16.6. The van der Waals surface area contributed by atoms with Crippen LogP contribution in [-0.4, -0.2) is 34.4 Å². The van der Waals surface area contributed by atoms with Gasteiger partial charge in [-0.3, -0.25) is 9.78 Å². The van der Waals surface area contributed by atoms with Gasteiger partial charge in [-0.05, 0) is 44.2 Å². The molecule has 0 saturated heterocycles. The second kappa shape index (κ2) is 7.23. The van der Waals surface area contributed by atoms with E-state index in [1.165, 1.54) is 0 Å². The van der Waals surface area contributed by atoms with Crippen LogP contribution in [0, 0.1) is 19.8 Å². The number of aliphatic hydroxyl groups excluding tert-OH is 1. The van der Waals surface area contributed by atoms with Crippen LogP contribution >= 0.6 is 0 Å². The third-order valence-electron chi connectivity index (χ3n) is 4.79. The largest absolute Gasteiger partial charge is 0.495 e. The number of methoxy groups -OCH3 is 1. The van der Waals surface area contributed by atoms with Crippen LogP contribution in [0.2, 0.25) is 0 Å². The van der Waals surface area contributed by atoms with Gasteiger partial charge in [-0.2, -0.15) is 0 Å². The van der Waals surface area contributed by atoms with Gasteiger partial charge in [-0.25, -0.2) is 0 Å². The first-order valence-corrected chi connectivity index (χ1v) is 8.36. The first-order valence-electron chi connectivity index (χ1n) is 8.36. The minimum absolute atomic E-state index is 0.108. The third-order valence-corrected chi connectivity index (χ3v) is 4.79. The molecule has 1 fully saturated rings. The molecule has 0 radical (unpaired) electrons. The Hall–Kier alpha value is -2.41. The number of amides is 1. The Bertz CT molecular complexity index is 733. The smallest absolute Gasteiger partial charge is 0.225 e. The quantitative estimate of drug-likeness (QED) is 0.829. The van der Waals surface area contributed by atoms with Gasteiger partial charge >= 0.3 is 0 Å². The highest BCUT2D eigenvalue weighted by atomic mass is 16.5. The van der Waals surface area contributed by atoms with Gasteiger partial charge < -0.3 is 19.7 Å². The summed E-state index contributed by atoms with van der Waals surface area (Å²) in [6.07, 6.45) is 4.59. The number of nitrogens with zero attached hydrogens (tertiary/aromatic N) is 2. The predicted octanol–water partition coefficient (Wildman–Crippen LogP) is 1.87. The van der Waals surface area contributed by atoms with Gasteiger partial charge in [0.1, 0.15) is 11.5 Å². The van der Waals surface area contributed by atoms with E-state index in [1.807, 2.05) is 13.0 Å². The number of carbonyl (C=O) groups excluding carboxylic acids is 1. The Balaban J connectivity index is 1.76. The highest BCUT2D eigenvalue weighted by Gasteiger charge is 2.36. The third kappa shape index (κ3) is 3.82. The number of nitrogens with one attached hydrogen (secondary N) is 1. The summed E-state index contributed by atoms with van der Waals surface area (Å²) < 4.78 is 10.4. The maximum atomic E-state index is 12.6. The lowest BCUT2D eigenvalue weighted by atomic mass is 9.75. The van der Waals surface area contributed by atoms with E-state index in [0.717, 1.165) is 16.8 Å². The molecule has 0 bridgehead atoms. The van der Waals surface area contributed by atoms with Crippen molar-refractivity contribution in [3.63, 3.8) is 0 Å². The van der Waals surface area contributed by atoms with E-state index in [-0.39, 0.29) is 30.4 Å². The summed E-state index contributed by atoms with van der Waals surface area (Å²) in [4.78, 5) is 16.8. The lowest BCUT2D eigenvalue weighted by molar-refractivity contribution is -0.122. The fraction of sp³-hybridized carbons (Fsp3) is 0.500. The zero-order valence-electron chi connectivity index (χ0n) is 14.7. The summed E-state index contributed by atoms with van der Waals surface area (Å²) in [5.74, 6) is 1.37. The molecule has 134 valence electrons. The molecule has 2 aromatic rings. The number of ether oxygens (including phenoxy) is 1. The van der Waals surface area contributed by atoms with E-state index in [4.69, 9.17) is 9.26 Å². The number of aliphatic hydroxyl groups is 1. The van der Waals surface area contributed by atoms with Crippen molar-refractivity contribution in [3.8, 4) is 5.75 Å². The van der Waals surface area contributed by atoms with Crippen LogP contribution in [0.3, 0.4) is 0 Å². The second-order valence-corrected chi connectivity index (χ2v) is 6.57. The molecule has 7 heteroatoms. The molecule has 1 aliphatic carbocycles. The van der Waals surface area contributed by atoms with Gasteiger partial charge in [0.2, 0.25) is 5.91 Å². The number of aromatic nitrogens is 2. The van der Waals surface area contributed by atoms with Crippen LogP contribution in [0.15, 0.2) is 23.0 Å². The molecule has 0 aromatic carbocycles. The standard InChI is InChI=1S/C18H23N3O4/c1-10-16(11(2)25-21-10)7-17(23)20-18(12-4-14(22)5-12)13-6-15(24-3)9-19-8-13/h6,8-9,12,14,18,22H,4-5,7H2,1-3H3,(H,20,23). The zero-order valence-corrected chi connectivity index (χ0v) is 14.7. The fourth-order valence-electron chi connectivity index (χ4n) is 3.23. The van der Waals surface area contributed by atoms with Crippen LogP contribution in [0.1, 0.15) is 41.5 Å². The molecule has 2 N–H and O–H groups in total. The Morgan fingerprint density at radius 3 is 2.80 bits per heavy atom. The van der Waals surface area contributed by atoms with Crippen molar-refractivity contribution >= 4 is 5.91 Å². The summed E-state index contributed by atoms with van der Waals surface area (Å²) in [7, 11) is 1.58. The van der Waals surface area contributed by atoms with Crippen molar-refractivity contribution in [2.75, 3.05) is 7.11 Å². The van der Waals surface area contributed by atoms with E-state index < -0.39 is 0 Å². The maximum absolute atomic E-state index is 12.6. The molecule has 1 aliphatic rings. The molecule has 1 unspecified atom stereocenters. The van der Waals surface area contributed by atoms with Crippen molar-refractivity contribution in [2.24, 2.45) is 5.92 Å². The van der Waals surface area contributed by atoms with E-state index in [2.05, 4.69) is 15.5 Å². The summed E-state index contributed by atoms with van der Waals surface area (Å²) in [6, 6.07) is 1.66. The molecule has 1 amide bonds.